The molecule has 0 saturated carbocycles. The van der Waals surface area contributed by atoms with Gasteiger partial charge in [-0.25, -0.2) is 14.8 Å². The van der Waals surface area contributed by atoms with Crippen molar-refractivity contribution in [3.05, 3.63) is 89.9 Å². The van der Waals surface area contributed by atoms with E-state index in [0.717, 1.165) is 52.6 Å². The van der Waals surface area contributed by atoms with Gasteiger partial charge in [-0.3, -0.25) is 0 Å². The van der Waals surface area contributed by atoms with Gasteiger partial charge in [0.25, 0.3) is 0 Å². The van der Waals surface area contributed by atoms with Crippen LogP contribution in [0.1, 0.15) is 36.7 Å². The molecule has 0 aliphatic rings. The lowest BCUT2D eigenvalue weighted by molar-refractivity contribution is -0.137. The van der Waals surface area contributed by atoms with E-state index < -0.39 is 12.0 Å². The zero-order valence-corrected chi connectivity index (χ0v) is 22.9. The molecule has 4 rings (SSSR count). The molecule has 0 saturated heterocycles. The lowest BCUT2D eigenvalue weighted by Gasteiger charge is -2.19. The van der Waals surface area contributed by atoms with Crippen molar-refractivity contribution in [1.82, 2.24) is 9.97 Å². The molecule has 7 heteroatoms. The predicted octanol–water partition coefficient (Wildman–Crippen LogP) is 6.59. The first kappa shape index (κ1) is 27.6. The summed E-state index contributed by atoms with van der Waals surface area (Å²) in [5.74, 6) is 1.70. The van der Waals surface area contributed by atoms with Crippen LogP contribution < -0.4 is 14.8 Å². The molecule has 1 atom stereocenters. The maximum atomic E-state index is 12.4. The molecule has 4 aromatic rings. The second-order valence-electron chi connectivity index (χ2n) is 9.44. The summed E-state index contributed by atoms with van der Waals surface area (Å²) >= 11 is 0. The first-order valence-electron chi connectivity index (χ1n) is 13.2. The summed E-state index contributed by atoms with van der Waals surface area (Å²) in [7, 11) is 3.25. The van der Waals surface area contributed by atoms with Crippen molar-refractivity contribution in [2.75, 3.05) is 19.5 Å². The van der Waals surface area contributed by atoms with Crippen LogP contribution in [0.15, 0.2) is 72.9 Å². The minimum absolute atomic E-state index is 0.278. The molecule has 0 spiro atoms. The summed E-state index contributed by atoms with van der Waals surface area (Å²) in [5.41, 5.74) is 5.49. The highest BCUT2D eigenvalue weighted by Crippen LogP contribution is 2.38. The summed E-state index contributed by atoms with van der Waals surface area (Å²) in [6, 6.07) is 20.5. The zero-order valence-electron chi connectivity index (χ0n) is 22.9. The van der Waals surface area contributed by atoms with Crippen molar-refractivity contribution < 1.29 is 19.4 Å². The first-order chi connectivity index (χ1) is 18.9. The predicted molar refractivity (Wildman–Crippen MR) is 155 cm³/mol. The second kappa shape index (κ2) is 12.9. The van der Waals surface area contributed by atoms with E-state index in [1.54, 1.807) is 20.4 Å². The Morgan fingerprint density at radius 2 is 1.64 bits per heavy atom. The molecular weight excluding hydrogens is 490 g/mol. The van der Waals surface area contributed by atoms with E-state index in [9.17, 15) is 9.90 Å². The first-order valence-corrected chi connectivity index (χ1v) is 13.2. The molecular formula is C32H35N3O4. The largest absolute Gasteiger partial charge is 0.496 e. The smallest absolute Gasteiger partial charge is 0.326 e. The van der Waals surface area contributed by atoms with E-state index >= 15 is 0 Å². The Labute approximate surface area is 229 Å². The van der Waals surface area contributed by atoms with Crippen LogP contribution in [0.4, 0.5) is 5.82 Å². The molecule has 0 aliphatic heterocycles. The monoisotopic (exact) mass is 525 g/mol. The molecule has 0 amide bonds. The van der Waals surface area contributed by atoms with E-state index in [0.29, 0.717) is 23.1 Å². The van der Waals surface area contributed by atoms with Crippen molar-refractivity contribution in [2.24, 2.45) is 0 Å². The number of ether oxygens (including phenoxy) is 2. The molecule has 202 valence electrons. The van der Waals surface area contributed by atoms with E-state index in [1.165, 1.54) is 0 Å². The highest BCUT2D eigenvalue weighted by molar-refractivity contribution is 5.82. The number of nitrogens with one attached hydrogen (secondary N) is 1. The van der Waals surface area contributed by atoms with Gasteiger partial charge in [-0.1, -0.05) is 67.9 Å². The number of aryl methyl sites for hydroxylation is 2. The van der Waals surface area contributed by atoms with Crippen molar-refractivity contribution in [1.29, 1.82) is 0 Å². The van der Waals surface area contributed by atoms with E-state index in [4.69, 9.17) is 14.5 Å². The van der Waals surface area contributed by atoms with Crippen LogP contribution in [-0.4, -0.2) is 41.3 Å². The molecule has 0 bridgehead atoms. The average molecular weight is 526 g/mol. The Morgan fingerprint density at radius 1 is 0.949 bits per heavy atom. The number of anilines is 1. The number of benzene rings is 3. The Balaban J connectivity index is 1.63. The maximum absolute atomic E-state index is 12.4. The number of carbonyl (C=O) groups is 1. The minimum atomic E-state index is -0.949. The van der Waals surface area contributed by atoms with Crippen molar-refractivity contribution >= 4 is 11.8 Å². The van der Waals surface area contributed by atoms with Crippen LogP contribution in [0.3, 0.4) is 0 Å². The third-order valence-electron chi connectivity index (χ3n) is 6.75. The summed E-state index contributed by atoms with van der Waals surface area (Å²) in [5, 5.41) is 13.4. The molecule has 1 heterocycles. The van der Waals surface area contributed by atoms with Crippen molar-refractivity contribution in [3.63, 3.8) is 0 Å². The fourth-order valence-corrected chi connectivity index (χ4v) is 4.60. The Morgan fingerprint density at radius 3 is 2.26 bits per heavy atom. The number of hydrogen-bond donors (Lipinski definition) is 2. The summed E-state index contributed by atoms with van der Waals surface area (Å²) in [6.07, 6.45) is 4.82. The minimum Gasteiger partial charge on any atom is -0.496 e. The van der Waals surface area contributed by atoms with Crippen LogP contribution in [0.5, 0.6) is 11.5 Å². The van der Waals surface area contributed by atoms with Gasteiger partial charge in [-0.15, -0.1) is 0 Å². The SMILES string of the molecule is CCCCc1ncc(-c2ccccc2C)c(N[C@@H](Cc2ccc(-c3c(OC)cccc3OC)cc2)C(=O)O)n1. The number of nitrogens with zero attached hydrogens (tertiary/aromatic N) is 2. The fourth-order valence-electron chi connectivity index (χ4n) is 4.60. The van der Waals surface area contributed by atoms with Crippen LogP contribution in [0.25, 0.3) is 22.3 Å². The number of carboxylic acids is 1. The number of unbranched alkanes of at least 4 members (excludes halogenated alkanes) is 1. The highest BCUT2D eigenvalue weighted by atomic mass is 16.5. The van der Waals surface area contributed by atoms with Gasteiger partial charge in [0.1, 0.15) is 29.2 Å². The van der Waals surface area contributed by atoms with E-state index in [-0.39, 0.29) is 6.42 Å². The normalized spacial score (nSPS) is 11.6. The Hall–Kier alpha value is -4.39. The van der Waals surface area contributed by atoms with Gasteiger partial charge < -0.3 is 19.9 Å². The summed E-state index contributed by atoms with van der Waals surface area (Å²) in [6.45, 7) is 4.15. The molecule has 7 nitrogen and oxygen atoms in total. The van der Waals surface area contributed by atoms with Crippen LogP contribution in [0.2, 0.25) is 0 Å². The molecule has 0 aliphatic carbocycles. The molecule has 0 fully saturated rings. The molecule has 0 unspecified atom stereocenters. The average Bonchev–Trinajstić information content (AvgIpc) is 2.96. The number of hydrogen-bond acceptors (Lipinski definition) is 6. The van der Waals surface area contributed by atoms with Gasteiger partial charge in [-0.2, -0.15) is 0 Å². The zero-order chi connectivity index (χ0) is 27.8. The standard InChI is InChI=1S/C32H35N3O4/c1-5-6-14-29-33-20-25(24-11-8-7-10-21(24)2)31(35-29)34-26(32(36)37)19-22-15-17-23(18-16-22)30-27(38-3)12-9-13-28(30)39-4/h7-13,15-18,20,26H,5-6,14,19H2,1-4H3,(H,36,37)(H,33,34,35)/t26-/m0/s1. The highest BCUT2D eigenvalue weighted by Gasteiger charge is 2.22. The Kier molecular flexibility index (Phi) is 9.15. The third kappa shape index (κ3) is 6.55. The van der Waals surface area contributed by atoms with Crippen molar-refractivity contribution in [2.45, 2.75) is 45.6 Å². The molecule has 2 N–H and O–H groups in total. The number of aliphatic carboxylic acids is 1. The number of rotatable bonds is 12. The van der Waals surface area contributed by atoms with Crippen molar-refractivity contribution in [3.8, 4) is 33.8 Å². The van der Waals surface area contributed by atoms with Gasteiger partial charge in [0, 0.05) is 24.6 Å². The van der Waals surface area contributed by atoms with Crippen LogP contribution >= 0.6 is 0 Å². The number of aromatic nitrogens is 2. The van der Waals surface area contributed by atoms with Gasteiger partial charge in [0.15, 0.2) is 0 Å². The Bertz CT molecular complexity index is 1400. The third-order valence-corrected chi connectivity index (χ3v) is 6.75. The molecule has 39 heavy (non-hydrogen) atoms. The topological polar surface area (TPSA) is 93.6 Å². The molecule has 0 radical (unpaired) electrons. The molecule has 3 aromatic carbocycles. The number of methoxy groups -OCH3 is 2. The quantitative estimate of drug-likeness (QED) is 0.216. The maximum Gasteiger partial charge on any atom is 0.326 e. The van der Waals surface area contributed by atoms with Crippen LogP contribution in [0, 0.1) is 6.92 Å². The van der Waals surface area contributed by atoms with Gasteiger partial charge >= 0.3 is 5.97 Å². The van der Waals surface area contributed by atoms with Crippen LogP contribution in [-0.2, 0) is 17.6 Å². The van der Waals surface area contributed by atoms with Gasteiger partial charge in [0.2, 0.25) is 0 Å². The van der Waals surface area contributed by atoms with E-state index in [2.05, 4.69) is 17.2 Å². The molecule has 1 aromatic heterocycles. The summed E-state index contributed by atoms with van der Waals surface area (Å²) < 4.78 is 11.1. The lowest BCUT2D eigenvalue weighted by Crippen LogP contribution is -2.32. The lowest BCUT2D eigenvalue weighted by atomic mass is 9.98. The second-order valence-corrected chi connectivity index (χ2v) is 9.44. The van der Waals surface area contributed by atoms with E-state index in [1.807, 2.05) is 73.7 Å². The number of carboxylic acid groups (broad SMARTS) is 1. The summed E-state index contributed by atoms with van der Waals surface area (Å²) in [4.78, 5) is 21.7. The fraction of sp³-hybridized carbons (Fsp3) is 0.281. The van der Waals surface area contributed by atoms with Gasteiger partial charge in [0.05, 0.1) is 19.8 Å². The van der Waals surface area contributed by atoms with Gasteiger partial charge in [-0.05, 0) is 47.7 Å².